The number of benzene rings is 4. The lowest BCUT2D eigenvalue weighted by molar-refractivity contribution is 0.0942. The summed E-state index contributed by atoms with van der Waals surface area (Å²) in [5.74, 6) is 0.862. The van der Waals surface area contributed by atoms with E-state index in [1.54, 1.807) is 0 Å². The number of aromatic nitrogens is 2. The van der Waals surface area contributed by atoms with Crippen molar-refractivity contribution < 1.29 is 9.59 Å². The number of nitrogens with zero attached hydrogens (tertiary/aromatic N) is 4. The number of nitrogens with one attached hydrogen (secondary N) is 2. The highest BCUT2D eigenvalue weighted by molar-refractivity contribution is 5.96. The second-order valence-corrected chi connectivity index (χ2v) is 16.9. The number of pyridine rings is 2. The summed E-state index contributed by atoms with van der Waals surface area (Å²) in [6, 6.07) is 37.8. The molecule has 10 rings (SSSR count). The Bertz CT molecular complexity index is 2770. The van der Waals surface area contributed by atoms with Crippen molar-refractivity contribution in [3.8, 4) is 0 Å². The zero-order chi connectivity index (χ0) is 43.4. The molecule has 10 nitrogen and oxygen atoms in total. The van der Waals surface area contributed by atoms with Crippen molar-refractivity contribution in [2.45, 2.75) is 65.0 Å². The van der Waals surface area contributed by atoms with E-state index in [4.69, 9.17) is 11.5 Å². The molecule has 2 aromatic heterocycles. The Hall–Kier alpha value is -6.88. The molecule has 4 aliphatic rings. The van der Waals surface area contributed by atoms with Crippen LogP contribution in [-0.4, -0.2) is 45.7 Å². The van der Waals surface area contributed by atoms with E-state index in [1.807, 2.05) is 70.2 Å². The summed E-state index contributed by atoms with van der Waals surface area (Å²) in [5, 5.41) is 6.11. The Morgan fingerprint density at radius 3 is 1.44 bits per heavy atom. The third-order valence-corrected chi connectivity index (χ3v) is 13.1. The second kappa shape index (κ2) is 16.2. The van der Waals surface area contributed by atoms with Gasteiger partial charge < -0.3 is 22.1 Å². The summed E-state index contributed by atoms with van der Waals surface area (Å²) in [6.07, 6.45) is 4.68. The van der Waals surface area contributed by atoms with Gasteiger partial charge in [-0.15, -0.1) is 0 Å². The first-order valence-corrected chi connectivity index (χ1v) is 21.1. The van der Waals surface area contributed by atoms with E-state index < -0.39 is 0 Å². The van der Waals surface area contributed by atoms with Crippen molar-refractivity contribution in [3.63, 3.8) is 0 Å². The lowest BCUT2D eigenvalue weighted by Gasteiger charge is -2.20. The average Bonchev–Trinajstić information content (AvgIpc) is 3.95. The van der Waals surface area contributed by atoms with Gasteiger partial charge in [0, 0.05) is 35.6 Å². The fourth-order valence-corrected chi connectivity index (χ4v) is 9.97. The topological polar surface area (TPSA) is 142 Å². The third-order valence-electron chi connectivity index (χ3n) is 13.1. The molecule has 4 unspecified atom stereocenters. The van der Waals surface area contributed by atoms with Crippen molar-refractivity contribution in [3.05, 3.63) is 199 Å². The average molecular weight is 821 g/mol. The number of nitrogen functional groups attached to an aromatic ring is 2. The number of likely N-dealkylation sites (N-methyl/N-ethyl adjacent to an activating group) is 2. The predicted octanol–water partition coefficient (Wildman–Crippen LogP) is 8.67. The maximum absolute atomic E-state index is 13.0. The maximum Gasteiger partial charge on any atom is 0.251 e. The van der Waals surface area contributed by atoms with Gasteiger partial charge in [-0.05, 0) is 145 Å². The van der Waals surface area contributed by atoms with E-state index in [9.17, 15) is 9.59 Å². The Kier molecular flexibility index (Phi) is 10.6. The van der Waals surface area contributed by atoms with Crippen LogP contribution in [0.3, 0.4) is 0 Å². The fourth-order valence-electron chi connectivity index (χ4n) is 9.97. The van der Waals surface area contributed by atoms with Crippen LogP contribution >= 0.6 is 0 Å². The molecule has 0 saturated carbocycles. The van der Waals surface area contributed by atoms with Crippen LogP contribution < -0.4 is 22.1 Å². The molecule has 0 aliphatic carbocycles. The number of aryl methyl sites for hydroxylation is 4. The van der Waals surface area contributed by atoms with E-state index >= 15 is 0 Å². The van der Waals surface area contributed by atoms with Crippen LogP contribution in [0.4, 0.5) is 11.6 Å². The molecular weight excluding hydrogens is 769 g/mol. The molecule has 4 aliphatic heterocycles. The first-order chi connectivity index (χ1) is 29.9. The van der Waals surface area contributed by atoms with Gasteiger partial charge in [-0.25, -0.2) is 9.97 Å². The molecule has 6 N–H and O–H groups in total. The zero-order valence-corrected chi connectivity index (χ0v) is 36.0. The number of hydrogen-bond acceptors (Lipinski definition) is 8. The molecule has 0 radical (unpaired) electrons. The molecule has 4 aromatic carbocycles. The quantitative estimate of drug-likeness (QED) is 0.120. The van der Waals surface area contributed by atoms with Gasteiger partial charge in [-0.3, -0.25) is 19.4 Å². The van der Waals surface area contributed by atoms with Crippen molar-refractivity contribution >= 4 is 34.6 Å². The van der Waals surface area contributed by atoms with Gasteiger partial charge in [0.15, 0.2) is 0 Å². The number of carbonyl (C=O) groups is 2. The van der Waals surface area contributed by atoms with E-state index in [2.05, 4.69) is 123 Å². The van der Waals surface area contributed by atoms with Gasteiger partial charge in [-0.1, -0.05) is 84.9 Å². The summed E-state index contributed by atoms with van der Waals surface area (Å²) in [4.78, 5) is 39.2. The fraction of sp³-hybridized carbons (Fsp3) is 0.231. The van der Waals surface area contributed by atoms with E-state index in [0.717, 1.165) is 33.6 Å². The molecule has 0 spiro atoms. The Morgan fingerprint density at radius 2 is 0.968 bits per heavy atom. The van der Waals surface area contributed by atoms with Crippen molar-refractivity contribution in [2.75, 3.05) is 25.6 Å². The van der Waals surface area contributed by atoms with Gasteiger partial charge in [0.2, 0.25) is 0 Å². The molecule has 6 heterocycles. The van der Waals surface area contributed by atoms with Crippen LogP contribution in [0.5, 0.6) is 0 Å². The molecule has 0 saturated heterocycles. The Labute approximate surface area is 363 Å². The Morgan fingerprint density at radius 1 is 0.548 bits per heavy atom. The first-order valence-electron chi connectivity index (χ1n) is 21.1. The molecule has 2 amide bonds. The number of anilines is 2. The minimum atomic E-state index is -0.0749. The van der Waals surface area contributed by atoms with Crippen LogP contribution in [0.1, 0.15) is 112 Å². The van der Waals surface area contributed by atoms with Crippen molar-refractivity contribution in [2.24, 2.45) is 0 Å². The smallest absolute Gasteiger partial charge is 0.251 e. The molecule has 4 bridgehead atoms. The summed E-state index contributed by atoms with van der Waals surface area (Å²) in [5.41, 5.74) is 29.0. The van der Waals surface area contributed by atoms with Gasteiger partial charge in [0.1, 0.15) is 11.6 Å². The normalized spacial score (nSPS) is 19.3. The number of rotatable bonds is 8. The highest BCUT2D eigenvalue weighted by Gasteiger charge is 2.44. The largest absolute Gasteiger partial charge is 0.384 e. The monoisotopic (exact) mass is 820 g/mol. The van der Waals surface area contributed by atoms with Crippen LogP contribution in [0.2, 0.25) is 0 Å². The van der Waals surface area contributed by atoms with Crippen LogP contribution in [0.15, 0.2) is 121 Å². The first kappa shape index (κ1) is 40.5. The lowest BCUT2D eigenvalue weighted by Crippen LogP contribution is -2.24. The SMILES string of the molecule is Cc1cc(N)nc(C)c1CNC(=O)c1ccc2c(c1)C1C(c3ccccc3)=CC2N1C.Cc1cc(N)nc(C)c1CNC(=O)c1ccc2c(c1)C1C=C(c3ccccc3)C2N1C. The van der Waals surface area contributed by atoms with Crippen LogP contribution in [0.25, 0.3) is 11.1 Å². The molecule has 62 heavy (non-hydrogen) atoms. The maximum atomic E-state index is 13.0. The number of fused-ring (bicyclic) bond motifs is 10. The van der Waals surface area contributed by atoms with Crippen molar-refractivity contribution in [1.29, 1.82) is 0 Å². The molecule has 10 heteroatoms. The van der Waals surface area contributed by atoms with Crippen molar-refractivity contribution in [1.82, 2.24) is 30.4 Å². The van der Waals surface area contributed by atoms with E-state index in [-0.39, 0.29) is 36.0 Å². The van der Waals surface area contributed by atoms with Crippen LogP contribution in [-0.2, 0) is 13.1 Å². The van der Waals surface area contributed by atoms with Gasteiger partial charge in [0.25, 0.3) is 11.8 Å². The second-order valence-electron chi connectivity index (χ2n) is 16.9. The number of nitrogens with two attached hydrogens (primary N) is 2. The molecule has 6 aromatic rings. The van der Waals surface area contributed by atoms with Gasteiger partial charge >= 0.3 is 0 Å². The zero-order valence-electron chi connectivity index (χ0n) is 36.0. The Balaban J connectivity index is 0.000000158. The van der Waals surface area contributed by atoms with Gasteiger partial charge in [-0.2, -0.15) is 0 Å². The molecule has 4 atom stereocenters. The summed E-state index contributed by atoms with van der Waals surface area (Å²) in [6.45, 7) is 8.69. The minimum absolute atomic E-state index is 0.0730. The number of amides is 2. The van der Waals surface area contributed by atoms with Gasteiger partial charge in [0.05, 0.1) is 24.2 Å². The number of hydrogen-bond donors (Lipinski definition) is 4. The molecule has 312 valence electrons. The van der Waals surface area contributed by atoms with E-state index in [0.29, 0.717) is 35.9 Å². The lowest BCUT2D eigenvalue weighted by atomic mass is 9.87. The van der Waals surface area contributed by atoms with Crippen LogP contribution in [0, 0.1) is 27.7 Å². The third kappa shape index (κ3) is 7.25. The number of carbonyl (C=O) groups excluding carboxylic acids is 2. The molecule has 0 fully saturated rings. The highest BCUT2D eigenvalue weighted by atomic mass is 16.2. The molecular formula is C52H52N8O2. The van der Waals surface area contributed by atoms with E-state index in [1.165, 1.54) is 44.5 Å². The minimum Gasteiger partial charge on any atom is -0.384 e. The summed E-state index contributed by atoms with van der Waals surface area (Å²) >= 11 is 0. The standard InChI is InChI=1S/2C26H26N4O/c1-15-11-24(27)29-16(2)22(15)14-28-26(31)18-9-10-19-21(12-18)23-13-20(25(19)30(23)3)17-7-5-4-6-8-17;1-15-11-24(27)29-16(2)22(15)14-28-26(31)18-9-10-19-21(12-18)25-20(13-23(19)30(25)3)17-7-5-4-6-8-17/h2*4-13,23,25H,14H2,1-3H3,(H2,27,29)(H,28,31). The highest BCUT2D eigenvalue weighted by Crippen LogP contribution is 2.55. The summed E-state index contributed by atoms with van der Waals surface area (Å²) in [7, 11) is 4.31. The predicted molar refractivity (Wildman–Crippen MR) is 247 cm³/mol. The summed E-state index contributed by atoms with van der Waals surface area (Å²) < 4.78 is 0.